The first-order valence-electron chi connectivity index (χ1n) is 12.3. The van der Waals surface area contributed by atoms with Gasteiger partial charge in [0.25, 0.3) is 0 Å². The summed E-state index contributed by atoms with van der Waals surface area (Å²) in [6.45, 7) is 11.7. The lowest BCUT2D eigenvalue weighted by molar-refractivity contribution is -0.137. The molecule has 2 aromatic rings. The first-order valence-corrected chi connectivity index (χ1v) is 14.0. The molecule has 1 amide bonds. The maximum absolute atomic E-state index is 13.3. The summed E-state index contributed by atoms with van der Waals surface area (Å²) in [5.41, 5.74) is 2.40. The summed E-state index contributed by atoms with van der Waals surface area (Å²) in [5, 5.41) is 9.16. The zero-order valence-electron chi connectivity index (χ0n) is 21.4. The van der Waals surface area contributed by atoms with E-state index in [1.54, 1.807) is 18.2 Å². The molecule has 1 aromatic carbocycles. The van der Waals surface area contributed by atoms with Crippen molar-refractivity contribution in [3.8, 4) is 6.07 Å². The third-order valence-corrected chi connectivity index (χ3v) is 10.6. The molecule has 0 saturated carbocycles. The van der Waals surface area contributed by atoms with Crippen molar-refractivity contribution in [2.75, 3.05) is 35.2 Å². The number of fused-ring (bicyclic) bond motifs is 1. The van der Waals surface area contributed by atoms with E-state index in [-0.39, 0.29) is 29.2 Å². The first kappa shape index (κ1) is 24.5. The summed E-state index contributed by atoms with van der Waals surface area (Å²) in [4.78, 5) is 28.9. The number of rotatable bonds is 3. The van der Waals surface area contributed by atoms with Crippen LogP contribution in [0.3, 0.4) is 0 Å². The molecule has 2 fully saturated rings. The highest BCUT2D eigenvalue weighted by Gasteiger charge is 2.56. The molecule has 36 heavy (non-hydrogen) atoms. The molecular formula is C26H32N6O3S. The van der Waals surface area contributed by atoms with Gasteiger partial charge in [-0.15, -0.1) is 0 Å². The van der Waals surface area contributed by atoms with Crippen molar-refractivity contribution in [3.63, 3.8) is 0 Å². The molecule has 1 aromatic heterocycles. The second-order valence-corrected chi connectivity index (χ2v) is 13.7. The van der Waals surface area contributed by atoms with Crippen LogP contribution in [0.25, 0.3) is 0 Å². The summed E-state index contributed by atoms with van der Waals surface area (Å²) >= 11 is 0. The Morgan fingerprint density at radius 2 is 1.72 bits per heavy atom. The number of aromatic nitrogens is 2. The Bertz CT molecular complexity index is 1370. The number of hydrogen-bond donors (Lipinski definition) is 0. The van der Waals surface area contributed by atoms with E-state index in [1.165, 1.54) is 0 Å². The van der Waals surface area contributed by atoms with Crippen molar-refractivity contribution in [1.29, 1.82) is 5.26 Å². The predicted octanol–water partition coefficient (Wildman–Crippen LogP) is 2.78. The van der Waals surface area contributed by atoms with Crippen molar-refractivity contribution in [2.24, 2.45) is 0 Å². The van der Waals surface area contributed by atoms with Crippen LogP contribution in [0.5, 0.6) is 0 Å². The summed E-state index contributed by atoms with van der Waals surface area (Å²) in [6.07, 6.45) is 1.97. The molecule has 0 N–H and O–H groups in total. The molecule has 0 unspecified atom stereocenters. The third-order valence-electron chi connectivity index (χ3n) is 8.11. The fourth-order valence-corrected chi connectivity index (χ4v) is 7.23. The van der Waals surface area contributed by atoms with Crippen LogP contribution in [-0.2, 0) is 20.0 Å². The van der Waals surface area contributed by atoms with Crippen LogP contribution in [0.4, 0.5) is 17.3 Å². The maximum Gasteiger partial charge on any atom is 0.244 e. The number of sulfone groups is 1. The zero-order chi connectivity index (χ0) is 26.0. The van der Waals surface area contributed by atoms with Crippen LogP contribution < -0.4 is 9.80 Å². The molecule has 5 rings (SSSR count). The van der Waals surface area contributed by atoms with Crippen molar-refractivity contribution in [3.05, 3.63) is 41.7 Å². The Balaban J connectivity index is 1.46. The van der Waals surface area contributed by atoms with E-state index in [0.29, 0.717) is 25.1 Å². The van der Waals surface area contributed by atoms with Crippen LogP contribution >= 0.6 is 0 Å². The zero-order valence-corrected chi connectivity index (χ0v) is 22.2. The highest BCUT2D eigenvalue weighted by atomic mass is 32.2. The smallest absolute Gasteiger partial charge is 0.244 e. The van der Waals surface area contributed by atoms with Gasteiger partial charge in [-0.2, -0.15) is 5.26 Å². The van der Waals surface area contributed by atoms with Gasteiger partial charge in [-0.25, -0.2) is 18.4 Å². The highest BCUT2D eigenvalue weighted by Crippen LogP contribution is 2.47. The van der Waals surface area contributed by atoms with Gasteiger partial charge in [0.15, 0.2) is 9.84 Å². The summed E-state index contributed by atoms with van der Waals surface area (Å²) in [6, 6.07) is 9.46. The molecule has 3 atom stereocenters. The van der Waals surface area contributed by atoms with E-state index in [2.05, 4.69) is 41.6 Å². The normalized spacial score (nSPS) is 28.3. The summed E-state index contributed by atoms with van der Waals surface area (Å²) in [7, 11) is -3.39. The number of nitriles is 1. The van der Waals surface area contributed by atoms with Gasteiger partial charge >= 0.3 is 0 Å². The molecule has 0 bridgehead atoms. The lowest BCUT2D eigenvalue weighted by Crippen LogP contribution is -2.66. The summed E-state index contributed by atoms with van der Waals surface area (Å²) < 4.78 is 23.5. The van der Waals surface area contributed by atoms with Crippen LogP contribution in [-0.4, -0.2) is 71.4 Å². The van der Waals surface area contributed by atoms with Crippen molar-refractivity contribution < 1.29 is 13.2 Å². The summed E-state index contributed by atoms with van der Waals surface area (Å²) in [5.74, 6) is 1.50. The minimum Gasteiger partial charge on any atom is -0.350 e. The average Bonchev–Trinajstić information content (AvgIpc) is 3.14. The SMILES string of the molecule is C[C@@H]1CN(c2ncnc3c2C(C)(C)CN3c2ccc(C#N)cc2)[C@@H](C)CN1C(=O)[C@]1(C)CCS1(=O)=O. The monoisotopic (exact) mass is 508 g/mol. The largest absolute Gasteiger partial charge is 0.350 e. The highest BCUT2D eigenvalue weighted by molar-refractivity contribution is 7.95. The van der Waals surface area contributed by atoms with Gasteiger partial charge in [0.1, 0.15) is 22.7 Å². The van der Waals surface area contributed by atoms with Gasteiger partial charge in [-0.3, -0.25) is 4.79 Å². The molecule has 2 saturated heterocycles. The second kappa shape index (κ2) is 8.17. The number of nitrogens with zero attached hydrogens (tertiary/aromatic N) is 6. The van der Waals surface area contributed by atoms with Gasteiger partial charge in [0.2, 0.25) is 5.91 Å². The molecule has 190 valence electrons. The van der Waals surface area contributed by atoms with Crippen molar-refractivity contribution >= 4 is 33.1 Å². The van der Waals surface area contributed by atoms with E-state index in [4.69, 9.17) is 10.2 Å². The standard InChI is InChI=1S/C26H32N6O3S/c1-17-14-31(24(33)26(5)10-11-36(26,34)35)18(2)13-30(17)22-21-23(29-16-28-22)32(15-25(21,3)4)20-8-6-19(12-27)7-9-20/h6-9,16-18H,10-11,13-15H2,1-5H3/t17-,18+,26-/m0/s1. The Hall–Kier alpha value is -3.19. The van der Waals surface area contributed by atoms with Crippen molar-refractivity contribution in [2.45, 2.75) is 63.3 Å². The van der Waals surface area contributed by atoms with Gasteiger partial charge in [0, 0.05) is 48.4 Å². The average molecular weight is 509 g/mol. The van der Waals surface area contributed by atoms with Gasteiger partial charge in [-0.05, 0) is 51.5 Å². The van der Waals surface area contributed by atoms with E-state index in [0.717, 1.165) is 29.4 Å². The second-order valence-electron chi connectivity index (χ2n) is 11.1. The molecule has 9 nitrogen and oxygen atoms in total. The van der Waals surface area contributed by atoms with E-state index >= 15 is 0 Å². The third kappa shape index (κ3) is 3.55. The number of carbonyl (C=O) groups is 1. The lowest BCUT2D eigenvalue weighted by Gasteiger charge is -2.49. The lowest BCUT2D eigenvalue weighted by atomic mass is 9.87. The van der Waals surface area contributed by atoms with Gasteiger partial charge in [-0.1, -0.05) is 13.8 Å². The van der Waals surface area contributed by atoms with Crippen LogP contribution in [0.1, 0.15) is 52.2 Å². The Morgan fingerprint density at radius 3 is 2.31 bits per heavy atom. The Labute approximate surface area is 212 Å². The topological polar surface area (TPSA) is 110 Å². The molecule has 10 heteroatoms. The number of carbonyl (C=O) groups excluding carboxylic acids is 1. The first-order chi connectivity index (χ1) is 16.9. The van der Waals surface area contributed by atoms with Crippen LogP contribution in [0.2, 0.25) is 0 Å². The fourth-order valence-electron chi connectivity index (χ4n) is 5.70. The van der Waals surface area contributed by atoms with E-state index in [1.807, 2.05) is 31.2 Å². The molecule has 0 aliphatic carbocycles. The minimum atomic E-state index is -3.39. The molecular weight excluding hydrogens is 476 g/mol. The van der Waals surface area contributed by atoms with E-state index in [9.17, 15) is 13.2 Å². The minimum absolute atomic E-state index is 0.0460. The molecule has 3 aliphatic heterocycles. The maximum atomic E-state index is 13.3. The number of amides is 1. The van der Waals surface area contributed by atoms with Crippen LogP contribution in [0, 0.1) is 11.3 Å². The quantitative estimate of drug-likeness (QED) is 0.622. The molecule has 0 radical (unpaired) electrons. The van der Waals surface area contributed by atoms with Gasteiger partial charge < -0.3 is 14.7 Å². The van der Waals surface area contributed by atoms with Crippen LogP contribution in [0.15, 0.2) is 30.6 Å². The van der Waals surface area contributed by atoms with Crippen molar-refractivity contribution in [1.82, 2.24) is 14.9 Å². The molecule has 4 heterocycles. The number of piperazine rings is 1. The molecule has 0 spiro atoms. The molecule has 3 aliphatic rings. The number of anilines is 3. The van der Waals surface area contributed by atoms with Gasteiger partial charge in [0.05, 0.1) is 17.4 Å². The fraction of sp³-hybridized carbons (Fsp3) is 0.538. The Kier molecular flexibility index (Phi) is 5.56. The number of benzene rings is 1. The Morgan fingerprint density at radius 1 is 1.06 bits per heavy atom. The number of hydrogen-bond acceptors (Lipinski definition) is 8. The van der Waals surface area contributed by atoms with E-state index < -0.39 is 14.6 Å². The predicted molar refractivity (Wildman–Crippen MR) is 138 cm³/mol.